The van der Waals surface area contributed by atoms with Gasteiger partial charge in [-0.1, -0.05) is 12.1 Å². The van der Waals surface area contributed by atoms with Crippen LogP contribution in [0.25, 0.3) is 16.9 Å². The van der Waals surface area contributed by atoms with E-state index >= 15 is 0 Å². The van der Waals surface area contributed by atoms with Crippen molar-refractivity contribution in [3.63, 3.8) is 0 Å². The molecular formula is C16H10F3N3O. The van der Waals surface area contributed by atoms with Crippen LogP contribution in [0.15, 0.2) is 66.0 Å². The molecule has 3 aromatic rings. The second kappa shape index (κ2) is 5.68. The number of halogens is 3. The zero-order valence-corrected chi connectivity index (χ0v) is 11.7. The Balaban J connectivity index is 1.98. The van der Waals surface area contributed by atoms with E-state index in [2.05, 4.69) is 10.3 Å². The van der Waals surface area contributed by atoms with Crippen molar-refractivity contribution >= 4 is 5.69 Å². The molecule has 2 aromatic carbocycles. The number of nitrogens with zero attached hydrogens (tertiary/aromatic N) is 3. The Morgan fingerprint density at radius 1 is 0.913 bits per heavy atom. The normalized spacial score (nSPS) is 11.4. The van der Waals surface area contributed by atoms with Crippen LogP contribution in [-0.4, -0.2) is 9.78 Å². The van der Waals surface area contributed by atoms with Crippen LogP contribution in [0.2, 0.25) is 0 Å². The maximum atomic E-state index is 12.6. The van der Waals surface area contributed by atoms with Gasteiger partial charge in [0, 0.05) is 5.56 Å². The molecule has 0 aliphatic carbocycles. The third-order valence-corrected chi connectivity index (χ3v) is 3.35. The van der Waals surface area contributed by atoms with Crippen LogP contribution in [0.4, 0.5) is 18.9 Å². The molecule has 0 saturated carbocycles. The lowest BCUT2D eigenvalue weighted by Gasteiger charge is -2.10. The summed E-state index contributed by atoms with van der Waals surface area (Å²) in [4.78, 5) is 10.4. The number of rotatable bonds is 3. The molecule has 0 saturated heterocycles. The molecule has 23 heavy (non-hydrogen) atoms. The average molecular weight is 317 g/mol. The van der Waals surface area contributed by atoms with Crippen molar-refractivity contribution < 1.29 is 13.2 Å². The summed E-state index contributed by atoms with van der Waals surface area (Å²) >= 11 is 0. The molecule has 1 aromatic heterocycles. The average Bonchev–Trinajstić information content (AvgIpc) is 3.04. The Morgan fingerprint density at radius 2 is 1.57 bits per heavy atom. The number of aromatic nitrogens is 2. The van der Waals surface area contributed by atoms with E-state index in [1.54, 1.807) is 36.5 Å². The molecule has 1 heterocycles. The maximum Gasteiger partial charge on any atom is 0.416 e. The summed E-state index contributed by atoms with van der Waals surface area (Å²) in [5, 5.41) is 6.97. The van der Waals surface area contributed by atoms with Crippen molar-refractivity contribution in [1.82, 2.24) is 9.78 Å². The van der Waals surface area contributed by atoms with E-state index in [1.165, 1.54) is 16.8 Å². The fraction of sp³-hybridized carbons (Fsp3) is 0.0625. The molecule has 0 aliphatic heterocycles. The molecule has 0 radical (unpaired) electrons. The lowest BCUT2D eigenvalue weighted by Crippen LogP contribution is -2.05. The molecule has 4 nitrogen and oxygen atoms in total. The zero-order valence-electron chi connectivity index (χ0n) is 11.7. The van der Waals surface area contributed by atoms with Crippen LogP contribution in [0.5, 0.6) is 0 Å². The van der Waals surface area contributed by atoms with Crippen molar-refractivity contribution in [3.8, 4) is 16.9 Å². The predicted molar refractivity (Wildman–Crippen MR) is 79.5 cm³/mol. The molecule has 0 atom stereocenters. The van der Waals surface area contributed by atoms with E-state index in [0.717, 1.165) is 17.7 Å². The third kappa shape index (κ3) is 2.98. The fourth-order valence-corrected chi connectivity index (χ4v) is 2.21. The largest absolute Gasteiger partial charge is 0.416 e. The predicted octanol–water partition coefficient (Wildman–Crippen LogP) is 4.96. The smallest absolute Gasteiger partial charge is 0.233 e. The molecule has 0 fully saturated rings. The van der Waals surface area contributed by atoms with Gasteiger partial charge in [0.25, 0.3) is 0 Å². The number of nitroso groups, excluding NO2 is 1. The van der Waals surface area contributed by atoms with Gasteiger partial charge in [0.05, 0.1) is 23.1 Å². The lowest BCUT2D eigenvalue weighted by molar-refractivity contribution is -0.137. The molecule has 116 valence electrons. The van der Waals surface area contributed by atoms with E-state index in [-0.39, 0.29) is 0 Å². The highest BCUT2D eigenvalue weighted by molar-refractivity contribution is 5.64. The van der Waals surface area contributed by atoms with Gasteiger partial charge in [-0.25, -0.2) is 4.68 Å². The van der Waals surface area contributed by atoms with Gasteiger partial charge < -0.3 is 0 Å². The minimum atomic E-state index is -4.37. The van der Waals surface area contributed by atoms with Gasteiger partial charge in [-0.15, -0.1) is 4.91 Å². The van der Waals surface area contributed by atoms with Gasteiger partial charge in [-0.05, 0) is 47.6 Å². The highest BCUT2D eigenvalue weighted by Gasteiger charge is 2.30. The molecule has 0 spiro atoms. The van der Waals surface area contributed by atoms with Crippen molar-refractivity contribution in [2.24, 2.45) is 5.18 Å². The SMILES string of the molecule is O=Nc1ccc(-c2ccnn2-c2ccc(C(F)(F)F)cc2)cc1. The summed E-state index contributed by atoms with van der Waals surface area (Å²) in [6.07, 6.45) is -2.82. The first-order valence-electron chi connectivity index (χ1n) is 6.64. The Labute approximate surface area is 129 Å². The molecule has 3 rings (SSSR count). The van der Waals surface area contributed by atoms with Crippen LogP contribution >= 0.6 is 0 Å². The van der Waals surface area contributed by atoms with Crippen molar-refractivity contribution in [2.45, 2.75) is 6.18 Å². The molecule has 0 N–H and O–H groups in total. The first-order chi connectivity index (χ1) is 11.0. The Hall–Kier alpha value is -2.96. The van der Waals surface area contributed by atoms with E-state index < -0.39 is 11.7 Å². The second-order valence-electron chi connectivity index (χ2n) is 4.81. The van der Waals surface area contributed by atoms with Crippen LogP contribution in [-0.2, 0) is 6.18 Å². The van der Waals surface area contributed by atoms with E-state index in [1.807, 2.05) is 0 Å². The summed E-state index contributed by atoms with van der Waals surface area (Å²) < 4.78 is 39.4. The molecule has 0 amide bonds. The fourth-order valence-electron chi connectivity index (χ4n) is 2.21. The van der Waals surface area contributed by atoms with Gasteiger partial charge in [0.1, 0.15) is 5.69 Å². The second-order valence-corrected chi connectivity index (χ2v) is 4.81. The summed E-state index contributed by atoms with van der Waals surface area (Å²) in [7, 11) is 0. The number of hydrogen-bond acceptors (Lipinski definition) is 3. The summed E-state index contributed by atoms with van der Waals surface area (Å²) in [6, 6.07) is 13.0. The van der Waals surface area contributed by atoms with Crippen LogP contribution in [0.1, 0.15) is 5.56 Å². The van der Waals surface area contributed by atoms with E-state index in [4.69, 9.17) is 0 Å². The minimum Gasteiger partial charge on any atom is -0.233 e. The van der Waals surface area contributed by atoms with Gasteiger partial charge in [-0.3, -0.25) is 0 Å². The molecule has 7 heteroatoms. The Bertz CT molecular complexity index is 821. The van der Waals surface area contributed by atoms with Crippen molar-refractivity contribution in [1.29, 1.82) is 0 Å². The van der Waals surface area contributed by atoms with Crippen LogP contribution < -0.4 is 0 Å². The topological polar surface area (TPSA) is 47.2 Å². The van der Waals surface area contributed by atoms with Gasteiger partial charge in [0.2, 0.25) is 0 Å². The summed E-state index contributed by atoms with van der Waals surface area (Å²) in [5.41, 5.74) is 1.57. The Kier molecular flexibility index (Phi) is 3.69. The number of benzene rings is 2. The molecule has 0 unspecified atom stereocenters. The van der Waals surface area contributed by atoms with Crippen molar-refractivity contribution in [3.05, 3.63) is 71.3 Å². The standard InChI is InChI=1S/C16H10F3N3O/c17-16(18,19)12-3-7-14(8-4-12)22-15(9-10-20-22)11-1-5-13(21-23)6-2-11/h1-10H. The first kappa shape index (κ1) is 15.0. The summed E-state index contributed by atoms with van der Waals surface area (Å²) in [5.74, 6) is 0. The highest BCUT2D eigenvalue weighted by Crippen LogP contribution is 2.30. The number of hydrogen-bond donors (Lipinski definition) is 0. The quantitative estimate of drug-likeness (QED) is 0.641. The molecular weight excluding hydrogens is 307 g/mol. The minimum absolute atomic E-state index is 0.300. The van der Waals surface area contributed by atoms with Crippen molar-refractivity contribution in [2.75, 3.05) is 0 Å². The molecule has 0 bridgehead atoms. The van der Waals surface area contributed by atoms with Crippen LogP contribution in [0, 0.1) is 4.91 Å². The maximum absolute atomic E-state index is 12.6. The molecule has 0 aliphatic rings. The first-order valence-corrected chi connectivity index (χ1v) is 6.64. The summed E-state index contributed by atoms with van der Waals surface area (Å²) in [6.45, 7) is 0. The van der Waals surface area contributed by atoms with E-state index in [9.17, 15) is 18.1 Å². The monoisotopic (exact) mass is 317 g/mol. The van der Waals surface area contributed by atoms with Gasteiger partial charge in [-0.2, -0.15) is 18.3 Å². The lowest BCUT2D eigenvalue weighted by atomic mass is 10.1. The number of alkyl halides is 3. The third-order valence-electron chi connectivity index (χ3n) is 3.35. The van der Waals surface area contributed by atoms with Gasteiger partial charge in [0.15, 0.2) is 0 Å². The highest BCUT2D eigenvalue weighted by atomic mass is 19.4. The van der Waals surface area contributed by atoms with Gasteiger partial charge >= 0.3 is 6.18 Å². The Morgan fingerprint density at radius 3 is 2.13 bits per heavy atom. The zero-order chi connectivity index (χ0) is 16.4. The van der Waals surface area contributed by atoms with Crippen LogP contribution in [0.3, 0.4) is 0 Å². The van der Waals surface area contributed by atoms with E-state index in [0.29, 0.717) is 17.1 Å².